The van der Waals surface area contributed by atoms with Crippen LogP contribution in [0.2, 0.25) is 0 Å². The number of nitrogens with one attached hydrogen (secondary N) is 1. The highest BCUT2D eigenvalue weighted by molar-refractivity contribution is 14.1. The summed E-state index contributed by atoms with van der Waals surface area (Å²) in [6.45, 7) is 2.66. The third kappa shape index (κ3) is 3.74. The van der Waals surface area contributed by atoms with Crippen LogP contribution in [0.5, 0.6) is 5.75 Å². The average molecular weight is 446 g/mol. The third-order valence-electron chi connectivity index (χ3n) is 3.06. The minimum atomic E-state index is 0.177. The number of ether oxygens (including phenoxy) is 1. The minimum absolute atomic E-state index is 0.177. The van der Waals surface area contributed by atoms with Gasteiger partial charge in [-0.3, -0.25) is 0 Å². The molecule has 0 radical (unpaired) electrons. The maximum absolute atomic E-state index is 5.56. The van der Waals surface area contributed by atoms with Gasteiger partial charge in [-0.2, -0.15) is 0 Å². The Hall–Kier alpha value is -0.590. The van der Waals surface area contributed by atoms with Crippen molar-refractivity contribution in [3.05, 3.63) is 61.6 Å². The fourth-order valence-electron chi connectivity index (χ4n) is 2.18. The maximum atomic E-state index is 5.56. The van der Waals surface area contributed by atoms with Gasteiger partial charge in [0.25, 0.3) is 0 Å². The van der Waals surface area contributed by atoms with E-state index in [1.807, 2.05) is 20.0 Å². The Morgan fingerprint density at radius 1 is 1.20 bits per heavy atom. The van der Waals surface area contributed by atoms with E-state index >= 15 is 0 Å². The van der Waals surface area contributed by atoms with Crippen molar-refractivity contribution < 1.29 is 4.74 Å². The molecule has 1 unspecified atom stereocenters. The first-order valence-corrected chi connectivity index (χ1v) is 8.38. The zero-order valence-corrected chi connectivity index (χ0v) is 15.2. The highest BCUT2D eigenvalue weighted by Crippen LogP contribution is 2.31. The van der Waals surface area contributed by atoms with Crippen molar-refractivity contribution in [2.45, 2.75) is 13.0 Å². The summed E-state index contributed by atoms with van der Waals surface area (Å²) in [5.74, 6) is 0.883. The monoisotopic (exact) mass is 445 g/mol. The number of hydrogen-bond acceptors (Lipinski definition) is 2. The Balaban J connectivity index is 2.35. The molecule has 0 amide bonds. The summed E-state index contributed by atoms with van der Waals surface area (Å²) < 4.78 is 7.79. The number of hydrogen-bond donors (Lipinski definition) is 1. The molecule has 2 nitrogen and oxygen atoms in total. The van der Waals surface area contributed by atoms with E-state index in [1.54, 1.807) is 0 Å². The van der Waals surface area contributed by atoms with Crippen LogP contribution in [0.1, 0.15) is 24.1 Å². The highest BCUT2D eigenvalue weighted by Gasteiger charge is 2.14. The van der Waals surface area contributed by atoms with Gasteiger partial charge < -0.3 is 10.1 Å². The fourth-order valence-corrected chi connectivity index (χ4v) is 3.26. The van der Waals surface area contributed by atoms with Gasteiger partial charge in [-0.1, -0.05) is 18.2 Å². The Labute approximate surface area is 142 Å². The molecule has 0 bridgehead atoms. The predicted octanol–water partition coefficient (Wildman–Crippen LogP) is 4.76. The van der Waals surface area contributed by atoms with E-state index in [4.69, 9.17) is 4.74 Å². The van der Waals surface area contributed by atoms with E-state index in [0.717, 1.165) is 10.2 Å². The van der Waals surface area contributed by atoms with Gasteiger partial charge >= 0.3 is 0 Å². The highest BCUT2D eigenvalue weighted by atomic mass is 127. The lowest BCUT2D eigenvalue weighted by Gasteiger charge is -2.19. The van der Waals surface area contributed by atoms with Crippen molar-refractivity contribution in [2.75, 3.05) is 13.7 Å². The molecule has 106 valence electrons. The molecule has 0 saturated heterocycles. The number of rotatable bonds is 5. The van der Waals surface area contributed by atoms with E-state index < -0.39 is 0 Å². The van der Waals surface area contributed by atoms with Crippen molar-refractivity contribution in [3.63, 3.8) is 0 Å². The second kappa shape index (κ2) is 7.43. The van der Waals surface area contributed by atoms with Crippen LogP contribution < -0.4 is 10.1 Å². The molecule has 0 aromatic heterocycles. The van der Waals surface area contributed by atoms with Crippen LogP contribution in [0, 0.1) is 3.57 Å². The van der Waals surface area contributed by atoms with Crippen molar-refractivity contribution >= 4 is 38.5 Å². The first-order chi connectivity index (χ1) is 9.65. The molecule has 1 N–H and O–H groups in total. The topological polar surface area (TPSA) is 21.3 Å². The van der Waals surface area contributed by atoms with E-state index in [9.17, 15) is 0 Å². The van der Waals surface area contributed by atoms with Crippen LogP contribution in [-0.2, 0) is 0 Å². The van der Waals surface area contributed by atoms with E-state index in [0.29, 0.717) is 6.61 Å². The molecule has 20 heavy (non-hydrogen) atoms. The van der Waals surface area contributed by atoms with Gasteiger partial charge in [0.15, 0.2) is 0 Å². The SMILES string of the molecule is CCOc1ccc(C(NC)c2cccc(I)c2)cc1Br. The molecular weight excluding hydrogens is 429 g/mol. The molecule has 0 aliphatic heterocycles. The lowest BCUT2D eigenvalue weighted by molar-refractivity contribution is 0.338. The normalized spacial score (nSPS) is 12.2. The molecule has 2 aromatic carbocycles. The van der Waals surface area contributed by atoms with Gasteiger partial charge in [0, 0.05) is 3.57 Å². The molecular formula is C16H17BrINO. The first-order valence-electron chi connectivity index (χ1n) is 6.50. The molecule has 0 aliphatic rings. The summed E-state index contributed by atoms with van der Waals surface area (Å²) in [5.41, 5.74) is 2.47. The summed E-state index contributed by atoms with van der Waals surface area (Å²) in [4.78, 5) is 0. The van der Waals surface area contributed by atoms with Crippen LogP contribution in [0.25, 0.3) is 0 Å². The summed E-state index contributed by atoms with van der Waals surface area (Å²) in [5, 5.41) is 3.38. The van der Waals surface area contributed by atoms with Crippen LogP contribution in [0.4, 0.5) is 0 Å². The molecule has 2 aromatic rings. The summed E-state index contributed by atoms with van der Waals surface area (Å²) >= 11 is 5.92. The van der Waals surface area contributed by atoms with Crippen LogP contribution in [0.15, 0.2) is 46.9 Å². The molecule has 1 atom stereocenters. The molecule has 0 saturated carbocycles. The van der Waals surface area contributed by atoms with Gasteiger partial charge in [0.2, 0.25) is 0 Å². The predicted molar refractivity (Wildman–Crippen MR) is 95.4 cm³/mol. The Morgan fingerprint density at radius 3 is 2.55 bits per heavy atom. The lowest BCUT2D eigenvalue weighted by Crippen LogP contribution is -2.17. The lowest BCUT2D eigenvalue weighted by atomic mass is 9.99. The summed E-state index contributed by atoms with van der Waals surface area (Å²) in [6, 6.07) is 15.0. The van der Waals surface area contributed by atoms with E-state index in [2.05, 4.69) is 80.2 Å². The first kappa shape index (κ1) is 15.8. The number of halogens is 2. The molecule has 0 fully saturated rings. The van der Waals surface area contributed by atoms with Crippen molar-refractivity contribution in [2.24, 2.45) is 0 Å². The second-order valence-corrected chi connectivity index (χ2v) is 6.50. The van der Waals surface area contributed by atoms with Gasteiger partial charge in [-0.25, -0.2) is 0 Å². The van der Waals surface area contributed by atoms with E-state index in [1.165, 1.54) is 14.7 Å². The smallest absolute Gasteiger partial charge is 0.133 e. The van der Waals surface area contributed by atoms with Crippen molar-refractivity contribution in [1.29, 1.82) is 0 Å². The zero-order valence-electron chi connectivity index (χ0n) is 11.5. The summed E-state index contributed by atoms with van der Waals surface area (Å²) in [7, 11) is 1.98. The number of benzene rings is 2. The fraction of sp³-hybridized carbons (Fsp3) is 0.250. The molecule has 4 heteroatoms. The zero-order chi connectivity index (χ0) is 14.5. The second-order valence-electron chi connectivity index (χ2n) is 4.40. The van der Waals surface area contributed by atoms with Crippen LogP contribution in [0.3, 0.4) is 0 Å². The largest absolute Gasteiger partial charge is 0.493 e. The maximum Gasteiger partial charge on any atom is 0.133 e. The van der Waals surface area contributed by atoms with Gasteiger partial charge in [0.05, 0.1) is 17.1 Å². The van der Waals surface area contributed by atoms with E-state index in [-0.39, 0.29) is 6.04 Å². The third-order valence-corrected chi connectivity index (χ3v) is 4.35. The van der Waals surface area contributed by atoms with Crippen LogP contribution >= 0.6 is 38.5 Å². The molecule has 0 aliphatic carbocycles. The van der Waals surface area contributed by atoms with Gasteiger partial charge in [0.1, 0.15) is 5.75 Å². The Kier molecular flexibility index (Phi) is 5.86. The van der Waals surface area contributed by atoms with Gasteiger partial charge in [-0.05, 0) is 87.9 Å². The van der Waals surface area contributed by atoms with Crippen molar-refractivity contribution in [1.82, 2.24) is 5.32 Å². The standard InChI is InChI=1S/C16H17BrINO/c1-3-20-15-8-7-12(10-14(15)17)16(19-2)11-5-4-6-13(18)9-11/h4-10,16,19H,3H2,1-2H3. The molecule has 0 heterocycles. The molecule has 2 rings (SSSR count). The molecule has 0 spiro atoms. The average Bonchev–Trinajstić information content (AvgIpc) is 2.43. The summed E-state index contributed by atoms with van der Waals surface area (Å²) in [6.07, 6.45) is 0. The van der Waals surface area contributed by atoms with Crippen LogP contribution in [-0.4, -0.2) is 13.7 Å². The Morgan fingerprint density at radius 2 is 1.95 bits per heavy atom. The van der Waals surface area contributed by atoms with Crippen molar-refractivity contribution in [3.8, 4) is 5.75 Å². The van der Waals surface area contributed by atoms with Gasteiger partial charge in [-0.15, -0.1) is 0 Å². The minimum Gasteiger partial charge on any atom is -0.493 e. The Bertz CT molecular complexity index is 588. The quantitative estimate of drug-likeness (QED) is 0.670.